The topological polar surface area (TPSA) is 17.8 Å². The molecule has 0 saturated carbocycles. The molecular weight excluding hydrogens is 172 g/mol. The number of nitrogens with zero attached hydrogens (tertiary/aromatic N) is 2. The van der Waals surface area contributed by atoms with Crippen LogP contribution in [0, 0.1) is 0 Å². The van der Waals surface area contributed by atoms with Crippen LogP contribution in [0.25, 0.3) is 0 Å². The highest BCUT2D eigenvalue weighted by molar-refractivity contribution is 5.15. The highest BCUT2D eigenvalue weighted by Crippen LogP contribution is 2.25. The van der Waals surface area contributed by atoms with Crippen LogP contribution < -0.4 is 0 Å². The summed E-state index contributed by atoms with van der Waals surface area (Å²) in [5, 5.41) is 4.44. The number of hydrogen-bond acceptors (Lipinski definition) is 1. The minimum atomic E-state index is 0.128. The summed E-state index contributed by atoms with van der Waals surface area (Å²) in [6, 6.07) is 0. The van der Waals surface area contributed by atoms with Crippen molar-refractivity contribution in [3.8, 4) is 0 Å². The van der Waals surface area contributed by atoms with E-state index in [0.717, 1.165) is 6.42 Å². The van der Waals surface area contributed by atoms with E-state index in [1.54, 1.807) is 0 Å². The fourth-order valence-corrected chi connectivity index (χ4v) is 1.20. The van der Waals surface area contributed by atoms with Gasteiger partial charge in [-0.25, -0.2) is 0 Å². The Morgan fingerprint density at radius 2 is 1.79 bits per heavy atom. The Hall–Kier alpha value is -0.790. The van der Waals surface area contributed by atoms with Gasteiger partial charge in [-0.05, 0) is 31.2 Å². The van der Waals surface area contributed by atoms with Crippen LogP contribution in [0.15, 0.2) is 12.4 Å². The van der Waals surface area contributed by atoms with E-state index in [9.17, 15) is 0 Å². The highest BCUT2D eigenvalue weighted by atomic mass is 15.3. The van der Waals surface area contributed by atoms with E-state index < -0.39 is 0 Å². The van der Waals surface area contributed by atoms with Gasteiger partial charge in [-0.3, -0.25) is 4.68 Å². The van der Waals surface area contributed by atoms with Crippen molar-refractivity contribution in [3.63, 3.8) is 0 Å². The molecule has 0 N–H and O–H groups in total. The fraction of sp³-hybridized carbons (Fsp3) is 0.750. The Bertz CT molecular complexity index is 302. The predicted octanol–water partition coefficient (Wildman–Crippen LogP) is 3.33. The zero-order valence-corrected chi connectivity index (χ0v) is 10.3. The molecule has 0 aliphatic heterocycles. The molecule has 0 fully saturated rings. The maximum atomic E-state index is 4.44. The molecule has 2 nitrogen and oxygen atoms in total. The average molecular weight is 194 g/mol. The van der Waals surface area contributed by atoms with Gasteiger partial charge in [-0.2, -0.15) is 5.10 Å². The summed E-state index contributed by atoms with van der Waals surface area (Å²) < 4.78 is 2.08. The molecule has 0 spiro atoms. The number of rotatable bonds is 2. The van der Waals surface area contributed by atoms with E-state index >= 15 is 0 Å². The summed E-state index contributed by atoms with van der Waals surface area (Å²) in [7, 11) is 0. The first-order valence-corrected chi connectivity index (χ1v) is 5.33. The second kappa shape index (κ2) is 3.41. The summed E-state index contributed by atoms with van der Waals surface area (Å²) in [6.45, 7) is 13.3. The summed E-state index contributed by atoms with van der Waals surface area (Å²) in [5.41, 5.74) is 1.63. The quantitative estimate of drug-likeness (QED) is 0.706. The molecule has 2 heteroatoms. The smallest absolute Gasteiger partial charge is 0.0569 e. The van der Waals surface area contributed by atoms with Crippen molar-refractivity contribution in [2.75, 3.05) is 0 Å². The van der Waals surface area contributed by atoms with Crippen molar-refractivity contribution in [3.05, 3.63) is 18.0 Å². The van der Waals surface area contributed by atoms with E-state index in [1.807, 2.05) is 6.20 Å². The molecule has 0 amide bonds. The van der Waals surface area contributed by atoms with Gasteiger partial charge in [-0.1, -0.05) is 27.7 Å². The van der Waals surface area contributed by atoms with Crippen LogP contribution >= 0.6 is 0 Å². The lowest BCUT2D eigenvalue weighted by Crippen LogP contribution is -2.25. The van der Waals surface area contributed by atoms with Gasteiger partial charge in [-0.15, -0.1) is 0 Å². The number of hydrogen-bond donors (Lipinski definition) is 0. The lowest BCUT2D eigenvalue weighted by Gasteiger charge is -2.23. The van der Waals surface area contributed by atoms with Crippen LogP contribution in [-0.2, 0) is 11.0 Å². The Morgan fingerprint density at radius 1 is 1.21 bits per heavy atom. The van der Waals surface area contributed by atoms with Gasteiger partial charge in [0.25, 0.3) is 0 Å². The minimum Gasteiger partial charge on any atom is -0.267 e. The third-order valence-corrected chi connectivity index (χ3v) is 2.93. The zero-order valence-electron chi connectivity index (χ0n) is 10.3. The van der Waals surface area contributed by atoms with Crippen LogP contribution in [0.1, 0.15) is 53.5 Å². The lowest BCUT2D eigenvalue weighted by atomic mass is 9.90. The van der Waals surface area contributed by atoms with Crippen LogP contribution in [-0.4, -0.2) is 9.78 Å². The largest absolute Gasteiger partial charge is 0.267 e. The summed E-state index contributed by atoms with van der Waals surface area (Å²) in [6.07, 6.45) is 5.25. The molecule has 0 atom stereocenters. The molecule has 0 aliphatic rings. The third kappa shape index (κ3) is 2.17. The maximum Gasteiger partial charge on any atom is 0.0569 e. The molecular formula is C12H22N2. The lowest BCUT2D eigenvalue weighted by molar-refractivity contribution is 0.307. The molecule has 1 rings (SSSR count). The normalized spacial score (nSPS) is 13.3. The van der Waals surface area contributed by atoms with Crippen molar-refractivity contribution >= 4 is 0 Å². The molecule has 0 unspecified atom stereocenters. The average Bonchev–Trinajstić information content (AvgIpc) is 2.51. The molecule has 1 aromatic rings. The second-order valence-electron chi connectivity index (χ2n) is 5.59. The predicted molar refractivity (Wildman–Crippen MR) is 60.5 cm³/mol. The van der Waals surface area contributed by atoms with Gasteiger partial charge >= 0.3 is 0 Å². The minimum absolute atomic E-state index is 0.128. The summed E-state index contributed by atoms with van der Waals surface area (Å²) >= 11 is 0. The molecule has 80 valence electrons. The first-order chi connectivity index (χ1) is 6.27. The molecule has 0 aromatic carbocycles. The molecule has 1 heterocycles. The Balaban J connectivity index is 3.00. The van der Waals surface area contributed by atoms with E-state index in [0.29, 0.717) is 0 Å². The van der Waals surface area contributed by atoms with Gasteiger partial charge in [0.1, 0.15) is 0 Å². The van der Waals surface area contributed by atoms with Gasteiger partial charge in [0.15, 0.2) is 0 Å². The van der Waals surface area contributed by atoms with Gasteiger partial charge in [0.05, 0.1) is 11.7 Å². The summed E-state index contributed by atoms with van der Waals surface area (Å²) in [5.74, 6) is 0. The monoisotopic (exact) mass is 194 g/mol. The van der Waals surface area contributed by atoms with Crippen LogP contribution in [0.4, 0.5) is 0 Å². The third-order valence-electron chi connectivity index (χ3n) is 2.93. The first-order valence-electron chi connectivity index (χ1n) is 5.33. The SMILES string of the molecule is CCC(C)(C)n1cc(C(C)(C)C)cn1. The second-order valence-corrected chi connectivity index (χ2v) is 5.59. The summed E-state index contributed by atoms with van der Waals surface area (Å²) in [4.78, 5) is 0. The molecule has 0 bridgehead atoms. The van der Waals surface area contributed by atoms with Crippen molar-refractivity contribution in [2.45, 2.75) is 58.9 Å². The molecule has 0 radical (unpaired) electrons. The van der Waals surface area contributed by atoms with Crippen molar-refractivity contribution in [2.24, 2.45) is 0 Å². The molecule has 14 heavy (non-hydrogen) atoms. The fourth-order valence-electron chi connectivity index (χ4n) is 1.20. The van der Waals surface area contributed by atoms with E-state index in [1.165, 1.54) is 5.56 Å². The van der Waals surface area contributed by atoms with Crippen LogP contribution in [0.3, 0.4) is 0 Å². The highest BCUT2D eigenvalue weighted by Gasteiger charge is 2.22. The van der Waals surface area contributed by atoms with E-state index in [-0.39, 0.29) is 11.0 Å². The van der Waals surface area contributed by atoms with Gasteiger partial charge in [0.2, 0.25) is 0 Å². The molecule has 0 aliphatic carbocycles. The first kappa shape index (κ1) is 11.3. The molecule has 0 saturated heterocycles. The van der Waals surface area contributed by atoms with Gasteiger partial charge in [0, 0.05) is 6.20 Å². The Kier molecular flexibility index (Phi) is 2.75. The zero-order chi connectivity index (χ0) is 11.0. The maximum absolute atomic E-state index is 4.44. The van der Waals surface area contributed by atoms with Crippen LogP contribution in [0.2, 0.25) is 0 Å². The standard InChI is InChI=1S/C12H22N2/c1-7-12(5,6)14-9-10(8-13-14)11(2,3)4/h8-9H,7H2,1-6H3. The number of aromatic nitrogens is 2. The van der Waals surface area contributed by atoms with E-state index in [2.05, 4.69) is 57.5 Å². The Labute approximate surface area is 87.3 Å². The van der Waals surface area contributed by atoms with Crippen molar-refractivity contribution in [1.29, 1.82) is 0 Å². The van der Waals surface area contributed by atoms with Crippen molar-refractivity contribution in [1.82, 2.24) is 9.78 Å². The Morgan fingerprint density at radius 3 is 2.14 bits per heavy atom. The van der Waals surface area contributed by atoms with Crippen LogP contribution in [0.5, 0.6) is 0 Å². The van der Waals surface area contributed by atoms with Crippen molar-refractivity contribution < 1.29 is 0 Å². The molecule has 1 aromatic heterocycles. The van der Waals surface area contributed by atoms with Gasteiger partial charge < -0.3 is 0 Å². The van der Waals surface area contributed by atoms with E-state index in [4.69, 9.17) is 0 Å².